The van der Waals surface area contributed by atoms with Crippen LogP contribution in [0, 0.1) is 22.9 Å². The van der Waals surface area contributed by atoms with Crippen LogP contribution in [0.1, 0.15) is 5.69 Å². The quantitative estimate of drug-likeness (QED) is 0.555. The first-order valence-corrected chi connectivity index (χ1v) is 7.61. The van der Waals surface area contributed by atoms with Crippen LogP contribution in [0.15, 0.2) is 36.5 Å². The van der Waals surface area contributed by atoms with E-state index in [0.717, 1.165) is 0 Å². The maximum Gasteiger partial charge on any atom is 0.311 e. The summed E-state index contributed by atoms with van der Waals surface area (Å²) < 4.78 is 14.9. The SMILES string of the molecule is Cc1nn(C)c(Nc2ncccc2[N+](=O)[O-])c1-c1ccc(F)cc1Cl. The Balaban J connectivity index is 2.14. The third kappa shape index (κ3) is 3.16. The Kier molecular flexibility index (Phi) is 4.37. The molecule has 1 aromatic carbocycles. The van der Waals surface area contributed by atoms with Gasteiger partial charge in [0.1, 0.15) is 11.6 Å². The Hall–Kier alpha value is -3.00. The van der Waals surface area contributed by atoms with Crippen LogP contribution in [0.4, 0.5) is 21.7 Å². The highest BCUT2D eigenvalue weighted by Crippen LogP contribution is 2.38. The molecule has 2 heterocycles. The maximum atomic E-state index is 13.4. The Morgan fingerprint density at radius 1 is 1.36 bits per heavy atom. The molecule has 2 aromatic heterocycles. The normalized spacial score (nSPS) is 10.7. The number of aryl methyl sites for hydroxylation is 2. The van der Waals surface area contributed by atoms with Crippen molar-refractivity contribution in [1.82, 2.24) is 14.8 Å². The van der Waals surface area contributed by atoms with Crippen LogP contribution < -0.4 is 5.32 Å². The summed E-state index contributed by atoms with van der Waals surface area (Å²) >= 11 is 6.17. The third-order valence-corrected chi connectivity index (χ3v) is 3.96. The molecule has 3 aromatic rings. The van der Waals surface area contributed by atoms with Gasteiger partial charge in [-0.1, -0.05) is 11.6 Å². The molecule has 0 aliphatic rings. The Morgan fingerprint density at radius 3 is 2.80 bits per heavy atom. The van der Waals surface area contributed by atoms with Gasteiger partial charge in [0.15, 0.2) is 0 Å². The van der Waals surface area contributed by atoms with Crippen LogP contribution in [0.5, 0.6) is 0 Å². The fourth-order valence-corrected chi connectivity index (χ4v) is 2.83. The molecule has 0 fully saturated rings. The zero-order valence-corrected chi connectivity index (χ0v) is 14.1. The van der Waals surface area contributed by atoms with E-state index in [0.29, 0.717) is 22.6 Å². The van der Waals surface area contributed by atoms with Gasteiger partial charge in [0.2, 0.25) is 5.82 Å². The van der Waals surface area contributed by atoms with E-state index in [1.165, 1.54) is 35.1 Å². The van der Waals surface area contributed by atoms with Gasteiger partial charge in [-0.2, -0.15) is 5.10 Å². The second kappa shape index (κ2) is 6.48. The smallest absolute Gasteiger partial charge is 0.311 e. The molecule has 0 aliphatic heterocycles. The van der Waals surface area contributed by atoms with Crippen molar-refractivity contribution in [3.63, 3.8) is 0 Å². The maximum absolute atomic E-state index is 13.4. The number of halogens is 2. The highest BCUT2D eigenvalue weighted by atomic mass is 35.5. The number of benzene rings is 1. The second-order valence-corrected chi connectivity index (χ2v) is 5.72. The topological polar surface area (TPSA) is 85.9 Å². The van der Waals surface area contributed by atoms with E-state index in [2.05, 4.69) is 15.4 Å². The lowest BCUT2D eigenvalue weighted by Gasteiger charge is -2.11. The summed E-state index contributed by atoms with van der Waals surface area (Å²) in [6.45, 7) is 1.77. The molecule has 0 unspecified atom stereocenters. The van der Waals surface area contributed by atoms with Gasteiger partial charge in [0.25, 0.3) is 0 Å². The first-order valence-electron chi connectivity index (χ1n) is 7.24. The lowest BCUT2D eigenvalue weighted by atomic mass is 10.1. The minimum Gasteiger partial charge on any atom is -0.319 e. The Morgan fingerprint density at radius 2 is 2.12 bits per heavy atom. The van der Waals surface area contributed by atoms with Gasteiger partial charge in [0.05, 0.1) is 15.6 Å². The first kappa shape index (κ1) is 16.8. The van der Waals surface area contributed by atoms with E-state index in [4.69, 9.17) is 11.6 Å². The predicted molar refractivity (Wildman–Crippen MR) is 92.5 cm³/mol. The van der Waals surface area contributed by atoms with Crippen LogP contribution in [-0.4, -0.2) is 19.7 Å². The van der Waals surface area contributed by atoms with Crippen LogP contribution in [-0.2, 0) is 7.05 Å². The molecular formula is C16H13ClFN5O2. The van der Waals surface area contributed by atoms with Crippen LogP contribution in [0.3, 0.4) is 0 Å². The number of hydrogen-bond donors (Lipinski definition) is 1. The van der Waals surface area contributed by atoms with Crippen molar-refractivity contribution in [3.8, 4) is 11.1 Å². The zero-order chi connectivity index (χ0) is 18.1. The monoisotopic (exact) mass is 361 g/mol. The molecule has 0 spiro atoms. The van der Waals surface area contributed by atoms with Gasteiger partial charge in [-0.15, -0.1) is 0 Å². The highest BCUT2D eigenvalue weighted by Gasteiger charge is 2.22. The molecule has 1 N–H and O–H groups in total. The summed E-state index contributed by atoms with van der Waals surface area (Å²) in [7, 11) is 1.69. The zero-order valence-electron chi connectivity index (χ0n) is 13.3. The molecule has 0 atom stereocenters. The first-order chi connectivity index (χ1) is 11.9. The molecule has 3 rings (SSSR count). The van der Waals surface area contributed by atoms with Crippen molar-refractivity contribution in [2.24, 2.45) is 7.05 Å². The number of rotatable bonds is 4. The summed E-state index contributed by atoms with van der Waals surface area (Å²) in [6, 6.07) is 6.87. The summed E-state index contributed by atoms with van der Waals surface area (Å²) in [5.41, 5.74) is 1.65. The van der Waals surface area contributed by atoms with Crippen molar-refractivity contribution < 1.29 is 9.31 Å². The Labute approximate surface area is 147 Å². The lowest BCUT2D eigenvalue weighted by Crippen LogP contribution is -2.04. The fourth-order valence-electron chi connectivity index (χ4n) is 2.57. The summed E-state index contributed by atoms with van der Waals surface area (Å²) in [6.07, 6.45) is 1.45. The molecule has 25 heavy (non-hydrogen) atoms. The van der Waals surface area contributed by atoms with E-state index in [-0.39, 0.29) is 16.5 Å². The van der Waals surface area contributed by atoms with Gasteiger partial charge in [-0.3, -0.25) is 14.8 Å². The van der Waals surface area contributed by atoms with Crippen molar-refractivity contribution in [2.75, 3.05) is 5.32 Å². The summed E-state index contributed by atoms with van der Waals surface area (Å²) in [5, 5.41) is 18.7. The number of anilines is 2. The van der Waals surface area contributed by atoms with Crippen molar-refractivity contribution in [1.29, 1.82) is 0 Å². The molecule has 0 radical (unpaired) electrons. The van der Waals surface area contributed by atoms with Crippen molar-refractivity contribution in [2.45, 2.75) is 6.92 Å². The molecular weight excluding hydrogens is 349 g/mol. The predicted octanol–water partition coefficient (Wildman–Crippen LogP) is 4.23. The minimum atomic E-state index is -0.525. The number of nitrogens with one attached hydrogen (secondary N) is 1. The van der Waals surface area contributed by atoms with Crippen LogP contribution in [0.25, 0.3) is 11.1 Å². The number of pyridine rings is 1. The highest BCUT2D eigenvalue weighted by molar-refractivity contribution is 6.33. The van der Waals surface area contributed by atoms with Gasteiger partial charge < -0.3 is 5.32 Å². The van der Waals surface area contributed by atoms with E-state index >= 15 is 0 Å². The fraction of sp³-hybridized carbons (Fsp3) is 0.125. The largest absolute Gasteiger partial charge is 0.319 e. The van der Waals surface area contributed by atoms with Gasteiger partial charge in [-0.05, 0) is 31.2 Å². The molecule has 0 aliphatic carbocycles. The van der Waals surface area contributed by atoms with Crippen molar-refractivity contribution in [3.05, 3.63) is 63.2 Å². The molecule has 0 amide bonds. The summed E-state index contributed by atoms with van der Waals surface area (Å²) in [5.74, 6) is 0.0907. The lowest BCUT2D eigenvalue weighted by molar-refractivity contribution is -0.384. The second-order valence-electron chi connectivity index (χ2n) is 5.31. The average Bonchev–Trinajstić information content (AvgIpc) is 2.82. The standard InChI is InChI=1S/C16H13ClFN5O2/c1-9-14(11-6-5-10(18)8-12(11)17)16(22(2)21-9)20-15-13(23(24)25)4-3-7-19-15/h3-8H,1-2H3,(H,19,20). The van der Waals surface area contributed by atoms with E-state index in [1.54, 1.807) is 20.0 Å². The van der Waals surface area contributed by atoms with Gasteiger partial charge in [-0.25, -0.2) is 9.37 Å². The third-order valence-electron chi connectivity index (χ3n) is 3.64. The summed E-state index contributed by atoms with van der Waals surface area (Å²) in [4.78, 5) is 14.7. The van der Waals surface area contributed by atoms with Crippen LogP contribution >= 0.6 is 11.6 Å². The van der Waals surface area contributed by atoms with E-state index in [9.17, 15) is 14.5 Å². The molecule has 9 heteroatoms. The molecule has 7 nitrogen and oxygen atoms in total. The number of aromatic nitrogens is 3. The van der Waals surface area contributed by atoms with Crippen molar-refractivity contribution >= 4 is 28.9 Å². The van der Waals surface area contributed by atoms with Gasteiger partial charge in [0, 0.05) is 30.4 Å². The minimum absolute atomic E-state index is 0.0787. The molecule has 0 saturated heterocycles. The number of nitro groups is 1. The average molecular weight is 362 g/mol. The number of nitrogens with zero attached hydrogens (tertiary/aromatic N) is 4. The molecule has 0 bridgehead atoms. The Bertz CT molecular complexity index is 973. The van der Waals surface area contributed by atoms with E-state index < -0.39 is 10.7 Å². The van der Waals surface area contributed by atoms with Gasteiger partial charge >= 0.3 is 5.69 Å². The molecule has 0 saturated carbocycles. The molecule has 128 valence electrons. The van der Waals surface area contributed by atoms with E-state index in [1.807, 2.05) is 0 Å². The number of hydrogen-bond acceptors (Lipinski definition) is 5. The van der Waals surface area contributed by atoms with Crippen LogP contribution in [0.2, 0.25) is 5.02 Å².